The molecule has 0 aliphatic heterocycles. The zero-order chi connectivity index (χ0) is 6.97. The quantitative estimate of drug-likeness (QED) is 0.607. The van der Waals surface area contributed by atoms with Gasteiger partial charge in [-0.2, -0.15) is 0 Å². The van der Waals surface area contributed by atoms with Crippen molar-refractivity contribution >= 4 is 12.2 Å². The molecular weight excluding hydrogens is 146 g/mol. The zero-order valence-corrected chi connectivity index (χ0v) is 6.37. The maximum Gasteiger partial charge on any atom is 0.213 e. The summed E-state index contributed by atoms with van der Waals surface area (Å²) in [4.78, 5) is 4.14. The fourth-order valence-electron chi connectivity index (χ4n) is 1.16. The van der Waals surface area contributed by atoms with Crippen LogP contribution in [0.15, 0.2) is 0 Å². The van der Waals surface area contributed by atoms with Crippen LogP contribution >= 0.6 is 12.2 Å². The summed E-state index contributed by atoms with van der Waals surface area (Å²) in [6.45, 7) is 0. The van der Waals surface area contributed by atoms with E-state index in [4.69, 9.17) is 12.2 Å². The van der Waals surface area contributed by atoms with Gasteiger partial charge in [0.15, 0.2) is 0 Å². The van der Waals surface area contributed by atoms with E-state index in [-0.39, 0.29) is 0 Å². The topological polar surface area (TPSA) is 44.5 Å². The van der Waals surface area contributed by atoms with Gasteiger partial charge in [0.2, 0.25) is 4.77 Å². The monoisotopic (exact) mass is 155 g/mol. The highest BCUT2D eigenvalue weighted by Gasteiger charge is 2.21. The average Bonchev–Trinajstić information content (AvgIpc) is 2.10. The van der Waals surface area contributed by atoms with Crippen LogP contribution in [-0.2, 0) is 0 Å². The Morgan fingerprint density at radius 3 is 2.60 bits per heavy atom. The number of hydrogen-bond acceptors (Lipinski definition) is 2. The largest absolute Gasteiger partial charge is 0.285 e. The SMILES string of the molecule is S=c1nc(C2CCC2)[nH][nH]1. The molecule has 1 aromatic heterocycles. The highest BCUT2D eigenvalue weighted by Crippen LogP contribution is 2.33. The molecule has 1 aromatic rings. The lowest BCUT2D eigenvalue weighted by atomic mass is 9.85. The first-order chi connectivity index (χ1) is 4.86. The molecule has 0 radical (unpaired) electrons. The Hall–Kier alpha value is -0.640. The third kappa shape index (κ3) is 0.883. The molecule has 0 saturated heterocycles. The minimum Gasteiger partial charge on any atom is -0.285 e. The fraction of sp³-hybridized carbons (Fsp3) is 0.667. The average molecular weight is 155 g/mol. The van der Waals surface area contributed by atoms with Crippen molar-refractivity contribution in [1.29, 1.82) is 0 Å². The summed E-state index contributed by atoms with van der Waals surface area (Å²) in [6, 6.07) is 0. The third-order valence-corrected chi connectivity index (χ3v) is 2.20. The first kappa shape index (κ1) is 6.09. The molecule has 1 heterocycles. The number of nitrogens with zero attached hydrogens (tertiary/aromatic N) is 1. The molecule has 0 bridgehead atoms. The van der Waals surface area contributed by atoms with Gasteiger partial charge in [-0.05, 0) is 25.1 Å². The molecule has 2 rings (SSSR count). The first-order valence-electron chi connectivity index (χ1n) is 3.51. The van der Waals surface area contributed by atoms with Gasteiger partial charge < -0.3 is 0 Å². The molecule has 10 heavy (non-hydrogen) atoms. The summed E-state index contributed by atoms with van der Waals surface area (Å²) in [5.74, 6) is 1.68. The van der Waals surface area contributed by atoms with Crippen molar-refractivity contribution in [2.24, 2.45) is 0 Å². The predicted octanol–water partition coefficient (Wildman–Crippen LogP) is 1.73. The minimum absolute atomic E-state index is 0.571. The van der Waals surface area contributed by atoms with Crippen molar-refractivity contribution in [3.63, 3.8) is 0 Å². The van der Waals surface area contributed by atoms with Gasteiger partial charge in [-0.1, -0.05) is 6.42 Å². The molecule has 3 nitrogen and oxygen atoms in total. The Morgan fingerprint density at radius 1 is 1.40 bits per heavy atom. The Bertz CT molecular complexity index is 271. The number of nitrogens with one attached hydrogen (secondary N) is 2. The molecule has 1 fully saturated rings. The Kier molecular flexibility index (Phi) is 1.34. The van der Waals surface area contributed by atoms with Crippen LogP contribution in [0.2, 0.25) is 0 Å². The van der Waals surface area contributed by atoms with Gasteiger partial charge >= 0.3 is 0 Å². The van der Waals surface area contributed by atoms with Gasteiger partial charge in [0.25, 0.3) is 0 Å². The van der Waals surface area contributed by atoms with E-state index < -0.39 is 0 Å². The van der Waals surface area contributed by atoms with Crippen LogP contribution in [0, 0.1) is 4.77 Å². The minimum atomic E-state index is 0.571. The van der Waals surface area contributed by atoms with Gasteiger partial charge in [-0.3, -0.25) is 10.2 Å². The van der Waals surface area contributed by atoms with E-state index in [1.54, 1.807) is 0 Å². The molecule has 1 aliphatic carbocycles. The van der Waals surface area contributed by atoms with Crippen molar-refractivity contribution < 1.29 is 0 Å². The standard InChI is InChI=1S/C6H9N3S/c10-6-7-5(8-9-6)4-2-1-3-4/h4H,1-3H2,(H2,7,8,9,10). The van der Waals surface area contributed by atoms with Crippen molar-refractivity contribution in [3.05, 3.63) is 10.6 Å². The molecule has 0 aromatic carbocycles. The van der Waals surface area contributed by atoms with Crippen molar-refractivity contribution in [2.45, 2.75) is 25.2 Å². The summed E-state index contributed by atoms with van der Waals surface area (Å²) in [5.41, 5.74) is 0. The number of hydrogen-bond donors (Lipinski definition) is 2. The molecule has 54 valence electrons. The van der Waals surface area contributed by atoms with E-state index >= 15 is 0 Å². The van der Waals surface area contributed by atoms with Crippen molar-refractivity contribution in [2.75, 3.05) is 0 Å². The summed E-state index contributed by atoms with van der Waals surface area (Å²) in [6.07, 6.45) is 3.85. The Labute approximate surface area is 63.9 Å². The first-order valence-corrected chi connectivity index (χ1v) is 3.91. The van der Waals surface area contributed by atoms with Gasteiger partial charge in [-0.25, -0.2) is 4.98 Å². The molecule has 4 heteroatoms. The molecular formula is C6H9N3S. The van der Waals surface area contributed by atoms with E-state index in [0.29, 0.717) is 10.7 Å². The van der Waals surface area contributed by atoms with E-state index in [9.17, 15) is 0 Å². The van der Waals surface area contributed by atoms with Crippen LogP contribution in [0.5, 0.6) is 0 Å². The van der Waals surface area contributed by atoms with E-state index in [0.717, 1.165) is 5.82 Å². The molecule has 0 unspecified atom stereocenters. The lowest BCUT2D eigenvalue weighted by Gasteiger charge is -2.22. The summed E-state index contributed by atoms with van der Waals surface area (Å²) < 4.78 is 0.571. The van der Waals surface area contributed by atoms with Crippen molar-refractivity contribution in [1.82, 2.24) is 15.2 Å². The maximum atomic E-state index is 4.83. The summed E-state index contributed by atoms with van der Waals surface area (Å²) in [7, 11) is 0. The molecule has 1 saturated carbocycles. The number of rotatable bonds is 1. The van der Waals surface area contributed by atoms with Crippen LogP contribution in [-0.4, -0.2) is 15.2 Å². The molecule has 0 amide bonds. The number of aromatic nitrogens is 3. The van der Waals surface area contributed by atoms with Crippen LogP contribution in [0.25, 0.3) is 0 Å². The van der Waals surface area contributed by atoms with Crippen LogP contribution in [0.3, 0.4) is 0 Å². The van der Waals surface area contributed by atoms with Crippen molar-refractivity contribution in [3.8, 4) is 0 Å². The van der Waals surface area contributed by atoms with Crippen LogP contribution < -0.4 is 0 Å². The molecule has 0 spiro atoms. The Morgan fingerprint density at radius 2 is 2.20 bits per heavy atom. The predicted molar refractivity (Wildman–Crippen MR) is 40.4 cm³/mol. The molecule has 0 atom stereocenters. The Balaban J connectivity index is 2.25. The number of aromatic amines is 2. The van der Waals surface area contributed by atoms with Gasteiger partial charge in [0.05, 0.1) is 0 Å². The normalized spacial score (nSPS) is 18.8. The second-order valence-corrected chi connectivity index (χ2v) is 3.07. The highest BCUT2D eigenvalue weighted by atomic mass is 32.1. The van der Waals surface area contributed by atoms with E-state index in [1.165, 1.54) is 19.3 Å². The van der Waals surface area contributed by atoms with E-state index in [2.05, 4.69) is 15.2 Å². The van der Waals surface area contributed by atoms with Crippen LogP contribution in [0.1, 0.15) is 31.0 Å². The van der Waals surface area contributed by atoms with Gasteiger partial charge in [0, 0.05) is 5.92 Å². The van der Waals surface area contributed by atoms with Gasteiger partial charge in [0.1, 0.15) is 5.82 Å². The van der Waals surface area contributed by atoms with Crippen LogP contribution in [0.4, 0.5) is 0 Å². The number of H-pyrrole nitrogens is 2. The smallest absolute Gasteiger partial charge is 0.213 e. The molecule has 2 N–H and O–H groups in total. The maximum absolute atomic E-state index is 4.83. The zero-order valence-electron chi connectivity index (χ0n) is 5.55. The second kappa shape index (κ2) is 2.20. The lowest BCUT2D eigenvalue weighted by molar-refractivity contribution is 0.402. The third-order valence-electron chi connectivity index (χ3n) is 2.01. The summed E-state index contributed by atoms with van der Waals surface area (Å²) in [5, 5.41) is 5.76. The molecule has 1 aliphatic rings. The van der Waals surface area contributed by atoms with Gasteiger partial charge in [-0.15, -0.1) is 0 Å². The lowest BCUT2D eigenvalue weighted by Crippen LogP contribution is -2.10. The summed E-state index contributed by atoms with van der Waals surface area (Å²) >= 11 is 4.83. The van der Waals surface area contributed by atoms with E-state index in [1.807, 2.05) is 0 Å². The fourth-order valence-corrected chi connectivity index (χ4v) is 1.31. The second-order valence-electron chi connectivity index (χ2n) is 2.68. The highest BCUT2D eigenvalue weighted by molar-refractivity contribution is 7.71.